The normalized spacial score (nSPS) is 11.6. The van der Waals surface area contributed by atoms with Gasteiger partial charge < -0.3 is 10.6 Å². The van der Waals surface area contributed by atoms with E-state index >= 15 is 0 Å². The van der Waals surface area contributed by atoms with Crippen LogP contribution in [0.3, 0.4) is 0 Å². The van der Waals surface area contributed by atoms with Gasteiger partial charge in [0, 0.05) is 29.4 Å². The predicted molar refractivity (Wildman–Crippen MR) is 99.6 cm³/mol. The van der Waals surface area contributed by atoms with Gasteiger partial charge in [-0.05, 0) is 38.5 Å². The molecule has 2 aromatic rings. The number of aromatic nitrogens is 1. The maximum absolute atomic E-state index is 5.90. The van der Waals surface area contributed by atoms with Gasteiger partial charge in [0.15, 0.2) is 5.96 Å². The maximum Gasteiger partial charge on any atom is 0.191 e. The smallest absolute Gasteiger partial charge is 0.191 e. The Bertz CT molecular complexity index is 630. The first kappa shape index (κ1) is 17.8. The molecule has 23 heavy (non-hydrogen) atoms. The average Bonchev–Trinajstić information content (AvgIpc) is 2.85. The van der Waals surface area contributed by atoms with E-state index in [1.54, 1.807) is 11.3 Å². The highest BCUT2D eigenvalue weighted by atomic mass is 35.5. The van der Waals surface area contributed by atoms with Gasteiger partial charge in [-0.15, -0.1) is 11.3 Å². The monoisotopic (exact) mass is 350 g/mol. The minimum Gasteiger partial charge on any atom is -0.357 e. The van der Waals surface area contributed by atoms with Crippen molar-refractivity contribution in [1.29, 1.82) is 0 Å². The van der Waals surface area contributed by atoms with Crippen LogP contribution in [0, 0.1) is 13.8 Å². The van der Waals surface area contributed by atoms with Gasteiger partial charge >= 0.3 is 0 Å². The lowest BCUT2D eigenvalue weighted by atomic mass is 10.2. The molecule has 0 saturated heterocycles. The molecule has 0 saturated carbocycles. The predicted octanol–water partition coefficient (Wildman–Crippen LogP) is 3.71. The third-order valence-electron chi connectivity index (χ3n) is 3.38. The number of hydrogen-bond donors (Lipinski definition) is 2. The van der Waals surface area contributed by atoms with E-state index in [2.05, 4.69) is 41.4 Å². The fourth-order valence-electron chi connectivity index (χ4n) is 2.04. The lowest BCUT2D eigenvalue weighted by molar-refractivity contribution is 0.795. The van der Waals surface area contributed by atoms with Crippen LogP contribution in [0.1, 0.15) is 28.1 Å². The Balaban J connectivity index is 1.87. The molecule has 4 nitrogen and oxygen atoms in total. The summed E-state index contributed by atoms with van der Waals surface area (Å²) >= 11 is 7.67. The van der Waals surface area contributed by atoms with E-state index in [0.29, 0.717) is 6.54 Å². The van der Waals surface area contributed by atoms with Gasteiger partial charge in [0.2, 0.25) is 0 Å². The molecule has 1 aromatic heterocycles. The van der Waals surface area contributed by atoms with Gasteiger partial charge in [0.1, 0.15) is 0 Å². The van der Waals surface area contributed by atoms with E-state index in [1.165, 1.54) is 9.88 Å². The highest BCUT2D eigenvalue weighted by Gasteiger charge is 2.04. The minimum absolute atomic E-state index is 0.627. The number of rotatable bonds is 6. The van der Waals surface area contributed by atoms with Crippen molar-refractivity contribution < 1.29 is 0 Å². The molecule has 0 aliphatic carbocycles. The van der Waals surface area contributed by atoms with Crippen LogP contribution < -0.4 is 10.6 Å². The van der Waals surface area contributed by atoms with Crippen molar-refractivity contribution in [2.45, 2.75) is 33.7 Å². The second kappa shape index (κ2) is 8.89. The Morgan fingerprint density at radius 2 is 1.96 bits per heavy atom. The number of aryl methyl sites for hydroxylation is 2. The molecule has 0 fully saturated rings. The molecule has 2 rings (SSSR count). The van der Waals surface area contributed by atoms with Crippen LogP contribution in [-0.4, -0.2) is 24.0 Å². The zero-order valence-electron chi connectivity index (χ0n) is 13.8. The summed E-state index contributed by atoms with van der Waals surface area (Å²) in [7, 11) is 0. The Morgan fingerprint density at radius 3 is 2.57 bits per heavy atom. The number of thiazole rings is 1. The summed E-state index contributed by atoms with van der Waals surface area (Å²) in [6.45, 7) is 8.51. The first-order valence-corrected chi connectivity index (χ1v) is 8.97. The first-order valence-electron chi connectivity index (χ1n) is 7.78. The van der Waals surface area contributed by atoms with Crippen molar-refractivity contribution in [2.75, 3.05) is 13.1 Å². The molecule has 1 aromatic carbocycles. The van der Waals surface area contributed by atoms with Crippen LogP contribution in [0.15, 0.2) is 29.3 Å². The van der Waals surface area contributed by atoms with Gasteiger partial charge in [-0.3, -0.25) is 0 Å². The maximum atomic E-state index is 5.90. The number of benzene rings is 1. The molecule has 0 amide bonds. The summed E-state index contributed by atoms with van der Waals surface area (Å²) in [4.78, 5) is 10.5. The molecule has 0 bridgehead atoms. The fraction of sp³-hybridized carbons (Fsp3) is 0.412. The summed E-state index contributed by atoms with van der Waals surface area (Å²) < 4.78 is 0. The molecule has 0 spiro atoms. The van der Waals surface area contributed by atoms with Crippen LogP contribution in [-0.2, 0) is 13.0 Å². The fourth-order valence-corrected chi connectivity index (χ4v) is 3.10. The minimum atomic E-state index is 0.627. The summed E-state index contributed by atoms with van der Waals surface area (Å²) in [5.74, 6) is 0.826. The first-order chi connectivity index (χ1) is 11.1. The summed E-state index contributed by atoms with van der Waals surface area (Å²) in [5, 5.41) is 8.54. The molecule has 124 valence electrons. The lowest BCUT2D eigenvalue weighted by Gasteiger charge is -2.10. The Labute approximate surface area is 147 Å². The Kier molecular flexibility index (Phi) is 6.86. The third kappa shape index (κ3) is 5.84. The lowest BCUT2D eigenvalue weighted by Crippen LogP contribution is -2.38. The number of guanidine groups is 1. The summed E-state index contributed by atoms with van der Waals surface area (Å²) in [5.41, 5.74) is 2.27. The number of hydrogen-bond acceptors (Lipinski definition) is 3. The van der Waals surface area contributed by atoms with Crippen molar-refractivity contribution in [1.82, 2.24) is 15.6 Å². The van der Waals surface area contributed by atoms with Crippen molar-refractivity contribution >= 4 is 28.9 Å². The molecule has 0 atom stereocenters. The number of nitrogens with zero attached hydrogens (tertiary/aromatic N) is 2. The van der Waals surface area contributed by atoms with E-state index < -0.39 is 0 Å². The topological polar surface area (TPSA) is 49.3 Å². The van der Waals surface area contributed by atoms with E-state index in [9.17, 15) is 0 Å². The SMILES string of the molecule is CCNC(=NCc1ccc(Cl)cc1)NCCc1nc(C)c(C)s1. The number of halogens is 1. The van der Waals surface area contributed by atoms with Crippen molar-refractivity contribution in [3.05, 3.63) is 50.4 Å². The van der Waals surface area contributed by atoms with Crippen LogP contribution in [0.25, 0.3) is 0 Å². The van der Waals surface area contributed by atoms with Gasteiger partial charge in [-0.25, -0.2) is 9.98 Å². The Morgan fingerprint density at radius 1 is 1.22 bits per heavy atom. The highest BCUT2D eigenvalue weighted by molar-refractivity contribution is 7.11. The number of nitrogens with one attached hydrogen (secondary N) is 2. The van der Waals surface area contributed by atoms with Crippen LogP contribution in [0.5, 0.6) is 0 Å². The molecule has 0 aliphatic rings. The molecule has 6 heteroatoms. The third-order valence-corrected chi connectivity index (χ3v) is 4.77. The summed E-state index contributed by atoms with van der Waals surface area (Å²) in [6.07, 6.45) is 0.907. The average molecular weight is 351 g/mol. The van der Waals surface area contributed by atoms with E-state index in [4.69, 9.17) is 11.6 Å². The van der Waals surface area contributed by atoms with Crippen LogP contribution >= 0.6 is 22.9 Å². The molecule has 0 unspecified atom stereocenters. The number of aliphatic imine (C=N–C) groups is 1. The van der Waals surface area contributed by atoms with E-state index in [1.807, 2.05) is 24.3 Å². The van der Waals surface area contributed by atoms with E-state index in [0.717, 1.165) is 41.7 Å². The van der Waals surface area contributed by atoms with E-state index in [-0.39, 0.29) is 0 Å². The van der Waals surface area contributed by atoms with Crippen LogP contribution in [0.2, 0.25) is 5.02 Å². The largest absolute Gasteiger partial charge is 0.357 e. The zero-order chi connectivity index (χ0) is 16.7. The van der Waals surface area contributed by atoms with Gasteiger partial charge in [-0.1, -0.05) is 23.7 Å². The van der Waals surface area contributed by atoms with Gasteiger partial charge in [0.25, 0.3) is 0 Å². The second-order valence-corrected chi connectivity index (χ2v) is 6.97. The van der Waals surface area contributed by atoms with Crippen molar-refractivity contribution in [3.8, 4) is 0 Å². The highest BCUT2D eigenvalue weighted by Crippen LogP contribution is 2.16. The zero-order valence-corrected chi connectivity index (χ0v) is 15.4. The molecule has 0 radical (unpaired) electrons. The molecule has 1 heterocycles. The van der Waals surface area contributed by atoms with Crippen molar-refractivity contribution in [2.24, 2.45) is 4.99 Å². The molecule has 2 N–H and O–H groups in total. The summed E-state index contributed by atoms with van der Waals surface area (Å²) in [6, 6.07) is 7.77. The van der Waals surface area contributed by atoms with Crippen LogP contribution in [0.4, 0.5) is 0 Å². The Hall–Kier alpha value is -1.59. The molecule has 0 aliphatic heterocycles. The van der Waals surface area contributed by atoms with Gasteiger partial charge in [-0.2, -0.15) is 0 Å². The quantitative estimate of drug-likeness (QED) is 0.616. The standard InChI is InChI=1S/C17H23ClN4S/c1-4-19-17(21-11-14-5-7-15(18)8-6-14)20-10-9-16-22-12(2)13(3)23-16/h5-8H,4,9-11H2,1-3H3,(H2,19,20,21). The van der Waals surface area contributed by atoms with Gasteiger partial charge in [0.05, 0.1) is 17.2 Å². The molecular formula is C17H23ClN4S. The second-order valence-electron chi connectivity index (χ2n) is 5.25. The molecular weight excluding hydrogens is 328 g/mol. The van der Waals surface area contributed by atoms with Crippen molar-refractivity contribution in [3.63, 3.8) is 0 Å².